The summed E-state index contributed by atoms with van der Waals surface area (Å²) in [5.74, 6) is -1.13. The highest BCUT2D eigenvalue weighted by Crippen LogP contribution is 2.30. The summed E-state index contributed by atoms with van der Waals surface area (Å²) in [6.07, 6.45) is -0.120. The van der Waals surface area contributed by atoms with Gasteiger partial charge in [0, 0.05) is 11.9 Å². The molecule has 21 heavy (non-hydrogen) atoms. The molecule has 1 N–H and O–H groups in total. The molecule has 0 aliphatic heterocycles. The quantitative estimate of drug-likeness (QED) is 0.828. The molecule has 5 nitrogen and oxygen atoms in total. The highest BCUT2D eigenvalue weighted by molar-refractivity contribution is 7.89. The number of halogens is 2. The van der Waals surface area contributed by atoms with Gasteiger partial charge in [0.2, 0.25) is 10.0 Å². The number of hydrogen-bond acceptors (Lipinski definition) is 4. The Bertz CT molecular complexity index is 611. The molecule has 1 heterocycles. The van der Waals surface area contributed by atoms with E-state index in [1.54, 1.807) is 0 Å². The highest BCUT2D eigenvalue weighted by Gasteiger charge is 2.32. The van der Waals surface area contributed by atoms with E-state index < -0.39 is 29.0 Å². The van der Waals surface area contributed by atoms with Crippen molar-refractivity contribution in [1.82, 2.24) is 4.31 Å². The number of sulfonamides is 1. The number of alkyl halides is 2. The minimum Gasteiger partial charge on any atom is -0.477 e. The molecular weight excluding hydrogens is 324 g/mol. The number of carboxylic acids is 1. The molecule has 1 aromatic heterocycles. The molecule has 9 heteroatoms. The maximum Gasteiger partial charge on any atom is 0.345 e. The molecule has 0 spiro atoms. The smallest absolute Gasteiger partial charge is 0.345 e. The number of aromatic carboxylic acids is 1. The minimum absolute atomic E-state index is 0.0604. The van der Waals surface area contributed by atoms with Crippen LogP contribution < -0.4 is 0 Å². The maximum atomic E-state index is 12.6. The lowest BCUT2D eigenvalue weighted by Crippen LogP contribution is -2.40. The molecule has 1 aliphatic rings. The van der Waals surface area contributed by atoms with Crippen LogP contribution >= 0.6 is 11.3 Å². The van der Waals surface area contributed by atoms with E-state index in [9.17, 15) is 22.0 Å². The van der Waals surface area contributed by atoms with Gasteiger partial charge >= 0.3 is 5.97 Å². The van der Waals surface area contributed by atoms with Gasteiger partial charge in [-0.3, -0.25) is 0 Å². The summed E-state index contributed by atoms with van der Waals surface area (Å²) >= 11 is 0.767. The first-order valence-corrected chi connectivity index (χ1v) is 8.73. The number of carbonyl (C=O) groups is 1. The predicted octanol–water partition coefficient (Wildman–Crippen LogP) is 2.50. The van der Waals surface area contributed by atoms with Crippen LogP contribution in [-0.4, -0.2) is 43.3 Å². The molecule has 1 fully saturated rings. The van der Waals surface area contributed by atoms with Crippen molar-refractivity contribution in [3.63, 3.8) is 0 Å². The fourth-order valence-electron chi connectivity index (χ4n) is 2.10. The number of thiophene rings is 1. The van der Waals surface area contributed by atoms with Gasteiger partial charge in [-0.1, -0.05) is 6.42 Å². The fourth-order valence-corrected chi connectivity index (χ4v) is 4.70. The van der Waals surface area contributed by atoms with Gasteiger partial charge in [-0.05, 0) is 24.8 Å². The summed E-state index contributed by atoms with van der Waals surface area (Å²) in [5.41, 5.74) is 0. The predicted molar refractivity (Wildman–Crippen MR) is 73.4 cm³/mol. The fraction of sp³-hybridized carbons (Fsp3) is 0.583. The van der Waals surface area contributed by atoms with Crippen LogP contribution in [0, 0.1) is 5.92 Å². The SMILES string of the molecule is O=C(O)c1cc(S(=O)(=O)N(CC(F)F)CC2CCC2)cs1. The van der Waals surface area contributed by atoms with Crippen LogP contribution in [0.3, 0.4) is 0 Å². The normalized spacial score (nSPS) is 16.4. The molecule has 0 atom stereocenters. The van der Waals surface area contributed by atoms with Gasteiger partial charge < -0.3 is 5.11 Å². The van der Waals surface area contributed by atoms with Crippen LogP contribution in [-0.2, 0) is 10.0 Å². The second kappa shape index (κ2) is 6.37. The molecule has 0 aromatic carbocycles. The van der Waals surface area contributed by atoms with E-state index >= 15 is 0 Å². The number of nitrogens with zero attached hydrogens (tertiary/aromatic N) is 1. The van der Waals surface area contributed by atoms with Crippen molar-refractivity contribution < 1.29 is 27.1 Å². The van der Waals surface area contributed by atoms with E-state index in [4.69, 9.17) is 5.11 Å². The van der Waals surface area contributed by atoms with Gasteiger partial charge in [0.05, 0.1) is 11.4 Å². The van der Waals surface area contributed by atoms with Crippen LogP contribution in [0.1, 0.15) is 28.9 Å². The van der Waals surface area contributed by atoms with E-state index in [1.807, 2.05) is 0 Å². The molecule has 0 amide bonds. The molecule has 0 saturated heterocycles. The summed E-state index contributed by atoms with van der Waals surface area (Å²) in [5, 5.41) is 10.0. The molecule has 1 aromatic rings. The minimum atomic E-state index is -4.08. The first kappa shape index (κ1) is 16.3. The lowest BCUT2D eigenvalue weighted by molar-refractivity contribution is 0.0702. The number of hydrogen-bond donors (Lipinski definition) is 1. The third-order valence-corrected chi connectivity index (χ3v) is 6.33. The Morgan fingerprint density at radius 2 is 2.14 bits per heavy atom. The number of carboxylic acid groups (broad SMARTS) is 1. The summed E-state index contributed by atoms with van der Waals surface area (Å²) in [7, 11) is -4.08. The maximum absolute atomic E-state index is 12.6. The Labute approximate surface area is 125 Å². The van der Waals surface area contributed by atoms with Crippen molar-refractivity contribution in [2.75, 3.05) is 13.1 Å². The van der Waals surface area contributed by atoms with Crippen molar-refractivity contribution in [3.05, 3.63) is 16.3 Å². The van der Waals surface area contributed by atoms with Gasteiger partial charge in [-0.15, -0.1) is 11.3 Å². The first-order chi connectivity index (χ1) is 9.80. The average molecular weight is 339 g/mol. The van der Waals surface area contributed by atoms with E-state index in [-0.39, 0.29) is 22.2 Å². The molecule has 0 bridgehead atoms. The van der Waals surface area contributed by atoms with Crippen molar-refractivity contribution in [1.29, 1.82) is 0 Å². The Morgan fingerprint density at radius 1 is 1.48 bits per heavy atom. The second-order valence-electron chi connectivity index (χ2n) is 4.96. The zero-order chi connectivity index (χ0) is 15.6. The van der Waals surface area contributed by atoms with E-state index in [2.05, 4.69) is 0 Å². The van der Waals surface area contributed by atoms with Gasteiger partial charge in [-0.2, -0.15) is 4.31 Å². The lowest BCUT2D eigenvalue weighted by Gasteiger charge is -2.31. The van der Waals surface area contributed by atoms with Crippen LogP contribution in [0.4, 0.5) is 8.78 Å². The molecule has 0 radical (unpaired) electrons. The van der Waals surface area contributed by atoms with Crippen molar-refractivity contribution in [2.45, 2.75) is 30.6 Å². The van der Waals surface area contributed by atoms with E-state index in [1.165, 1.54) is 5.38 Å². The summed E-state index contributed by atoms with van der Waals surface area (Å²) in [4.78, 5) is 10.4. The van der Waals surface area contributed by atoms with Crippen molar-refractivity contribution in [2.24, 2.45) is 5.92 Å². The zero-order valence-electron chi connectivity index (χ0n) is 11.0. The first-order valence-electron chi connectivity index (χ1n) is 6.41. The average Bonchev–Trinajstić information content (AvgIpc) is 2.81. The molecule has 1 saturated carbocycles. The van der Waals surface area contributed by atoms with Crippen LogP contribution in [0.5, 0.6) is 0 Å². The summed E-state index contributed by atoms with van der Waals surface area (Å²) in [6, 6.07) is 1.02. The highest BCUT2D eigenvalue weighted by atomic mass is 32.2. The molecule has 118 valence electrons. The van der Waals surface area contributed by atoms with E-state index in [0.29, 0.717) is 0 Å². The molecule has 1 aliphatic carbocycles. The van der Waals surface area contributed by atoms with E-state index in [0.717, 1.165) is 41.0 Å². The summed E-state index contributed by atoms with van der Waals surface area (Å²) < 4.78 is 50.8. The Kier molecular flexibility index (Phi) is 4.95. The van der Waals surface area contributed by atoms with Gasteiger partial charge in [0.25, 0.3) is 6.43 Å². The van der Waals surface area contributed by atoms with Gasteiger partial charge in [0.15, 0.2) is 0 Å². The Balaban J connectivity index is 2.23. The van der Waals surface area contributed by atoms with Crippen molar-refractivity contribution >= 4 is 27.3 Å². The molecular formula is C12H15F2NO4S2. The van der Waals surface area contributed by atoms with Gasteiger partial charge in [-0.25, -0.2) is 22.0 Å². The zero-order valence-corrected chi connectivity index (χ0v) is 12.7. The van der Waals surface area contributed by atoms with Gasteiger partial charge in [0.1, 0.15) is 4.88 Å². The standard InChI is InChI=1S/C12H15F2NO4S2/c13-11(14)6-15(5-8-2-1-3-8)21(18,19)9-4-10(12(16)17)20-7-9/h4,7-8,11H,1-3,5-6H2,(H,16,17). The molecule has 2 rings (SSSR count). The monoisotopic (exact) mass is 339 g/mol. The second-order valence-corrected chi connectivity index (χ2v) is 7.81. The number of rotatable bonds is 7. The summed E-state index contributed by atoms with van der Waals surface area (Å²) in [6.45, 7) is -0.804. The van der Waals surface area contributed by atoms with Crippen LogP contribution in [0.2, 0.25) is 0 Å². The lowest BCUT2D eigenvalue weighted by atomic mass is 9.85. The van der Waals surface area contributed by atoms with Crippen LogP contribution in [0.15, 0.2) is 16.3 Å². The third kappa shape index (κ3) is 3.78. The Morgan fingerprint density at radius 3 is 2.57 bits per heavy atom. The third-order valence-electron chi connectivity index (χ3n) is 3.45. The largest absolute Gasteiger partial charge is 0.477 e. The Hall–Kier alpha value is -1.06. The van der Waals surface area contributed by atoms with Crippen LogP contribution in [0.25, 0.3) is 0 Å². The topological polar surface area (TPSA) is 74.7 Å². The molecule has 0 unspecified atom stereocenters. The van der Waals surface area contributed by atoms with Crippen molar-refractivity contribution in [3.8, 4) is 0 Å².